The number of aryl methyl sites for hydroxylation is 2. The van der Waals surface area contributed by atoms with Gasteiger partial charge < -0.3 is 23.0 Å². The average molecular weight is 773 g/mol. The van der Waals surface area contributed by atoms with Crippen LogP contribution >= 0.6 is 0 Å². The number of benzene rings is 4. The normalized spacial score (nSPS) is 11.3. The minimum atomic E-state index is -4.09. The van der Waals surface area contributed by atoms with Crippen molar-refractivity contribution in [3.05, 3.63) is 144 Å². The predicted octanol–water partition coefficient (Wildman–Crippen LogP) is 7.16. The van der Waals surface area contributed by atoms with Crippen molar-refractivity contribution >= 4 is 26.0 Å². The van der Waals surface area contributed by atoms with Gasteiger partial charge in [-0.15, -0.1) is 0 Å². The van der Waals surface area contributed by atoms with Crippen molar-refractivity contribution in [2.24, 2.45) is 5.14 Å². The Morgan fingerprint density at radius 1 is 0.630 bits per heavy atom. The monoisotopic (exact) mass is 772 g/mol. The van der Waals surface area contributed by atoms with Crippen LogP contribution in [0.4, 0.5) is 0 Å². The highest BCUT2D eigenvalue weighted by atomic mass is 32.2. The molecule has 2 aromatic heterocycles. The van der Waals surface area contributed by atoms with Gasteiger partial charge in [0.2, 0.25) is 16.1 Å². The number of hydrogen-bond donors (Lipinski definition) is 2. The van der Waals surface area contributed by atoms with Crippen LogP contribution in [-0.2, 0) is 42.8 Å². The van der Waals surface area contributed by atoms with Crippen molar-refractivity contribution in [3.8, 4) is 33.8 Å². The lowest BCUT2D eigenvalue weighted by Crippen LogP contribution is -2.30. The van der Waals surface area contributed by atoms with Crippen molar-refractivity contribution in [3.63, 3.8) is 0 Å². The van der Waals surface area contributed by atoms with Crippen LogP contribution in [-0.4, -0.2) is 36.5 Å². The first kappa shape index (κ1) is 39.5. The Morgan fingerprint density at radius 3 is 1.44 bits per heavy atom. The first-order chi connectivity index (χ1) is 25.8. The summed E-state index contributed by atoms with van der Waals surface area (Å²) in [5.74, 6) is 1.54. The molecule has 0 aliphatic carbocycles. The van der Waals surface area contributed by atoms with E-state index in [1.165, 1.54) is 19.2 Å². The third-order valence-electron chi connectivity index (χ3n) is 8.03. The van der Waals surface area contributed by atoms with E-state index < -0.39 is 26.0 Å². The number of methoxy groups -OCH3 is 1. The molecule has 6 aromatic rings. The van der Waals surface area contributed by atoms with Gasteiger partial charge in [0.05, 0.1) is 13.0 Å². The molecule has 1 amide bonds. The molecule has 0 radical (unpaired) electrons. The van der Waals surface area contributed by atoms with Gasteiger partial charge in [-0.3, -0.25) is 4.79 Å². The molecule has 12 nitrogen and oxygen atoms in total. The molecule has 3 N–H and O–H groups in total. The van der Waals surface area contributed by atoms with E-state index in [2.05, 4.69) is 0 Å². The molecule has 282 valence electrons. The molecule has 0 fully saturated rings. The number of nitrogens with two attached hydrogens (primary N) is 1. The van der Waals surface area contributed by atoms with E-state index in [4.69, 9.17) is 28.2 Å². The summed E-state index contributed by atoms with van der Waals surface area (Å²) in [6.45, 7) is 3.78. The molecule has 2 heterocycles. The van der Waals surface area contributed by atoms with Gasteiger partial charge in [0.15, 0.2) is 0 Å². The maximum atomic E-state index is 12.3. The number of carbonyl (C=O) groups is 1. The molecule has 0 bridgehead atoms. The summed E-state index contributed by atoms with van der Waals surface area (Å²) in [6.07, 6.45) is -0.0651. The Kier molecular flexibility index (Phi) is 13.1. The fraction of sp³-hybridized carbons (Fsp3) is 0.175. The third kappa shape index (κ3) is 10.9. The van der Waals surface area contributed by atoms with Crippen molar-refractivity contribution in [2.75, 3.05) is 13.7 Å². The van der Waals surface area contributed by atoms with Crippen LogP contribution in [0.5, 0.6) is 11.5 Å². The zero-order chi connectivity index (χ0) is 38.7. The van der Waals surface area contributed by atoms with Crippen LogP contribution in [0.25, 0.3) is 22.3 Å². The van der Waals surface area contributed by atoms with Crippen LogP contribution in [0.3, 0.4) is 0 Å². The second-order valence-corrected chi connectivity index (χ2v) is 15.1. The van der Waals surface area contributed by atoms with Gasteiger partial charge in [0.25, 0.3) is 20.0 Å². The highest BCUT2D eigenvalue weighted by molar-refractivity contribution is 7.90. The number of carbonyl (C=O) groups excluding carboxylic acids is 1. The molecule has 0 saturated carbocycles. The van der Waals surface area contributed by atoms with Crippen molar-refractivity contribution < 1.29 is 44.7 Å². The SMILES string of the molecule is COCCC(=O)NS(=O)(=O)c1cc(COc2ccc(-c3ccccc3)cc2)c(C)o1.Cc1oc(S(N)(=O)=O)cc1COc1ccc(-c2ccccc2)cc1. The number of primary sulfonamides is 1. The first-order valence-corrected chi connectivity index (χ1v) is 19.7. The van der Waals surface area contributed by atoms with Gasteiger partial charge in [0.1, 0.15) is 36.2 Å². The Labute approximate surface area is 314 Å². The summed E-state index contributed by atoms with van der Waals surface area (Å²) in [6, 6.07) is 38.1. The van der Waals surface area contributed by atoms with Crippen molar-refractivity contribution in [1.82, 2.24) is 4.72 Å². The highest BCUT2D eigenvalue weighted by Crippen LogP contribution is 2.26. The molecule has 0 aliphatic heterocycles. The number of ether oxygens (including phenoxy) is 3. The Morgan fingerprint density at radius 2 is 1.04 bits per heavy atom. The number of rotatable bonds is 14. The lowest BCUT2D eigenvalue weighted by atomic mass is 10.1. The molecule has 0 unspecified atom stereocenters. The van der Waals surface area contributed by atoms with Crippen molar-refractivity contribution in [1.29, 1.82) is 0 Å². The first-order valence-electron chi connectivity index (χ1n) is 16.6. The van der Waals surface area contributed by atoms with Gasteiger partial charge >= 0.3 is 0 Å². The van der Waals surface area contributed by atoms with E-state index in [-0.39, 0.29) is 36.4 Å². The topological polar surface area (TPSA) is 177 Å². The summed E-state index contributed by atoms with van der Waals surface area (Å²) in [5.41, 5.74) is 5.63. The van der Waals surface area contributed by atoms with Crippen LogP contribution in [0.15, 0.2) is 140 Å². The minimum Gasteiger partial charge on any atom is -0.489 e. The molecule has 0 atom stereocenters. The van der Waals surface area contributed by atoms with E-state index in [1.54, 1.807) is 13.8 Å². The van der Waals surface area contributed by atoms with E-state index in [1.807, 2.05) is 114 Å². The van der Waals surface area contributed by atoms with Crippen LogP contribution in [0, 0.1) is 13.8 Å². The second-order valence-electron chi connectivity index (χ2n) is 12.0. The molecule has 0 saturated heterocycles. The molecule has 14 heteroatoms. The van der Waals surface area contributed by atoms with Gasteiger partial charge in [0, 0.05) is 30.4 Å². The van der Waals surface area contributed by atoms with E-state index >= 15 is 0 Å². The Bertz CT molecular complexity index is 2360. The number of amides is 1. The van der Waals surface area contributed by atoms with E-state index in [9.17, 15) is 21.6 Å². The van der Waals surface area contributed by atoms with Crippen LogP contribution in [0.1, 0.15) is 29.1 Å². The fourth-order valence-electron chi connectivity index (χ4n) is 5.06. The zero-order valence-corrected chi connectivity index (χ0v) is 31.5. The Hall–Kier alpha value is -5.67. The fourth-order valence-corrected chi connectivity index (χ4v) is 6.64. The largest absolute Gasteiger partial charge is 0.489 e. The zero-order valence-electron chi connectivity index (χ0n) is 29.9. The molecule has 0 aliphatic rings. The van der Waals surface area contributed by atoms with E-state index in [0.29, 0.717) is 34.1 Å². The van der Waals surface area contributed by atoms with Gasteiger partial charge in [-0.05, 0) is 60.4 Å². The van der Waals surface area contributed by atoms with Gasteiger partial charge in [-0.1, -0.05) is 84.9 Å². The second kappa shape index (κ2) is 17.9. The maximum absolute atomic E-state index is 12.3. The number of sulfonamides is 2. The quantitative estimate of drug-likeness (QED) is 0.116. The third-order valence-corrected chi connectivity index (χ3v) is 10.0. The number of hydrogen-bond acceptors (Lipinski definition) is 10. The molecule has 4 aromatic carbocycles. The average Bonchev–Trinajstić information content (AvgIpc) is 3.75. The summed E-state index contributed by atoms with van der Waals surface area (Å²) in [5, 5.41) is 4.47. The molecular weight excluding hydrogens is 733 g/mol. The van der Waals surface area contributed by atoms with Gasteiger partial charge in [-0.25, -0.2) is 18.3 Å². The maximum Gasteiger partial charge on any atom is 0.297 e. The summed E-state index contributed by atoms with van der Waals surface area (Å²) >= 11 is 0. The van der Waals surface area contributed by atoms with Crippen LogP contribution < -0.4 is 19.3 Å². The lowest BCUT2D eigenvalue weighted by molar-refractivity contribution is -0.120. The standard InChI is InChI=1S/C22H23NO6S.C18H17NO4S/c1-16-19(14-22(29-16)30(25,26)23-21(24)12-13-27-2)15-28-20-10-8-18(9-11-20)17-6-4-3-5-7-17;1-13-16(11-18(23-13)24(19,20)21)12-22-17-9-7-15(8-10-17)14-5-3-2-4-6-14/h3-11,14H,12-13,15H2,1-2H3,(H,23,24);2-11H,12H2,1H3,(H2,19,20,21). The predicted molar refractivity (Wildman–Crippen MR) is 203 cm³/mol. The molecule has 0 spiro atoms. The van der Waals surface area contributed by atoms with Crippen molar-refractivity contribution in [2.45, 2.75) is 43.7 Å². The number of nitrogens with one attached hydrogen (secondary N) is 1. The van der Waals surface area contributed by atoms with Gasteiger partial charge in [-0.2, -0.15) is 8.42 Å². The Balaban J connectivity index is 0.000000213. The smallest absolute Gasteiger partial charge is 0.297 e. The molecular formula is C40H40N2O10S2. The summed E-state index contributed by atoms with van der Waals surface area (Å²) in [4.78, 5) is 11.7. The molecule has 54 heavy (non-hydrogen) atoms. The lowest BCUT2D eigenvalue weighted by Gasteiger charge is -2.07. The minimum absolute atomic E-state index is 0.0651. The van der Waals surface area contributed by atoms with Crippen LogP contribution in [0.2, 0.25) is 0 Å². The molecule has 6 rings (SSSR count). The summed E-state index contributed by atoms with van der Waals surface area (Å²) < 4.78 is 75.9. The van der Waals surface area contributed by atoms with E-state index in [0.717, 1.165) is 22.3 Å². The number of furan rings is 2. The highest BCUT2D eigenvalue weighted by Gasteiger charge is 2.23. The summed E-state index contributed by atoms with van der Waals surface area (Å²) in [7, 11) is -6.50.